The summed E-state index contributed by atoms with van der Waals surface area (Å²) < 4.78 is 102. The third-order valence-electron chi connectivity index (χ3n) is 19.8. The van der Waals surface area contributed by atoms with E-state index in [2.05, 4.69) is 130 Å². The average molecular weight is 1370 g/mol. The van der Waals surface area contributed by atoms with Crippen LogP contribution < -0.4 is 18.9 Å². The molecular formula is C87H49F6N7O4. The second kappa shape index (κ2) is 23.6. The van der Waals surface area contributed by atoms with E-state index in [9.17, 15) is 26.3 Å². The van der Waals surface area contributed by atoms with Crippen molar-refractivity contribution in [2.75, 3.05) is 0 Å². The van der Waals surface area contributed by atoms with Crippen molar-refractivity contribution in [3.05, 3.63) is 342 Å². The lowest BCUT2D eigenvalue weighted by Crippen LogP contribution is -2.32. The molecule has 2 aliphatic heterocycles. The van der Waals surface area contributed by atoms with Crippen LogP contribution in [-0.2, 0) is 10.8 Å². The van der Waals surface area contributed by atoms with Crippen LogP contribution in [0, 0.1) is 0 Å². The van der Waals surface area contributed by atoms with Crippen LogP contribution in [0.5, 0.6) is 34.5 Å². The minimum Gasteiger partial charge on any atom is -0.457 e. The molecule has 5 heterocycles. The van der Waals surface area contributed by atoms with E-state index in [0.29, 0.717) is 45.7 Å². The zero-order valence-electron chi connectivity index (χ0n) is 54.3. The lowest BCUT2D eigenvalue weighted by molar-refractivity contribution is -0.275. The number of pyridine rings is 1. The van der Waals surface area contributed by atoms with Crippen molar-refractivity contribution in [3.63, 3.8) is 0 Å². The predicted molar refractivity (Wildman–Crippen MR) is 383 cm³/mol. The fraction of sp³-hybridized carbons (Fsp3) is 0.0460. The van der Waals surface area contributed by atoms with Crippen LogP contribution in [0.4, 0.5) is 26.3 Å². The highest BCUT2D eigenvalue weighted by molar-refractivity contribution is 5.92. The average Bonchev–Trinajstić information content (AvgIpc) is 1.49. The number of hydrogen-bond donors (Lipinski definition) is 0. The fourth-order valence-corrected chi connectivity index (χ4v) is 15.5. The van der Waals surface area contributed by atoms with E-state index < -0.39 is 35.1 Å². The third-order valence-corrected chi connectivity index (χ3v) is 19.8. The van der Waals surface area contributed by atoms with Crippen LogP contribution in [-0.4, -0.2) is 47.6 Å². The SMILES string of the molecule is FC(F)(F)Oc1ccc(-c2nc(-c3ccc(OC(F)(F)F)cc3)nc(-c3ccc4c(c3)Oc3ccc(-c5ccnc(-c6ccc(-c7nc(-c8ccccc8)nc(-c8ccc9c(c8)Oc8ccccc8C98c9ccccc9-c9ccccc98)n7)cc6)c5)cc3C43c4ccccc4-c4ccccc43)n2)cc1. The van der Waals surface area contributed by atoms with Crippen LogP contribution in [0.2, 0.25) is 0 Å². The highest BCUT2D eigenvalue weighted by Gasteiger charge is 2.53. The van der Waals surface area contributed by atoms with Crippen molar-refractivity contribution in [1.29, 1.82) is 0 Å². The number of alkyl halides is 6. The first-order chi connectivity index (χ1) is 50.7. The van der Waals surface area contributed by atoms with Gasteiger partial charge in [0.05, 0.1) is 16.5 Å². The van der Waals surface area contributed by atoms with Gasteiger partial charge >= 0.3 is 12.7 Å². The normalized spacial score (nSPS) is 13.6. The molecule has 3 aromatic heterocycles. The third kappa shape index (κ3) is 10.2. The molecule has 0 saturated heterocycles. The molecule has 11 nitrogen and oxygen atoms in total. The largest absolute Gasteiger partial charge is 0.573 e. The van der Waals surface area contributed by atoms with Gasteiger partial charge in [0.1, 0.15) is 34.5 Å². The molecule has 0 bridgehead atoms. The summed E-state index contributed by atoms with van der Waals surface area (Å²) >= 11 is 0. The van der Waals surface area contributed by atoms with E-state index in [0.717, 1.165) is 119 Å². The van der Waals surface area contributed by atoms with Crippen LogP contribution in [0.1, 0.15) is 44.5 Å². The Bertz CT molecular complexity index is 5830. The number of hydrogen-bond acceptors (Lipinski definition) is 11. The van der Waals surface area contributed by atoms with E-state index >= 15 is 0 Å². The van der Waals surface area contributed by atoms with Gasteiger partial charge in [-0.05, 0) is 147 Å². The highest BCUT2D eigenvalue weighted by atomic mass is 19.4. The standard InChI is InChI=1S/C87H49F6N7O4/c88-86(89,90)103-59-37-30-53(31-38-59)80-96-81(54-32-39-60(40-33-54)104-87(91,92)93)100-83(99-80)58-35-42-71-77(49-58)102-75-43-36-55(46-72(75)85(71)67-22-10-6-18-63(67)64-19-7-11-23-68(64)85)56-44-45-94-73(47-56)50-26-28-52(29-27-50)79-95-78(51-14-2-1-3-15-51)97-82(98-79)57-34-41-70-76(48-57)101-74-25-13-12-24-69(74)84(70)65-20-8-4-16-61(65)62-17-5-9-21-66(62)84/h1-49H. The van der Waals surface area contributed by atoms with E-state index in [4.69, 9.17) is 39.4 Å². The van der Waals surface area contributed by atoms with Crippen LogP contribution >= 0.6 is 0 Å². The van der Waals surface area contributed by atoms with E-state index in [1.54, 1.807) is 0 Å². The Morgan fingerprint density at radius 3 is 1.03 bits per heavy atom. The number of nitrogens with zero attached hydrogens (tertiary/aromatic N) is 7. The Hall–Kier alpha value is -13.4. The van der Waals surface area contributed by atoms with Gasteiger partial charge in [0.25, 0.3) is 0 Å². The number of aromatic nitrogens is 7. The van der Waals surface area contributed by atoms with Crippen LogP contribution in [0.15, 0.2) is 297 Å². The summed E-state index contributed by atoms with van der Waals surface area (Å²) in [5.41, 5.74) is 18.1. The maximum atomic E-state index is 13.3. The zero-order valence-corrected chi connectivity index (χ0v) is 54.3. The summed E-state index contributed by atoms with van der Waals surface area (Å²) in [5, 5.41) is 0. The summed E-state index contributed by atoms with van der Waals surface area (Å²) in [4.78, 5) is 34.8. The first kappa shape index (κ1) is 61.7. The van der Waals surface area contributed by atoms with Crippen molar-refractivity contribution >= 4 is 0 Å². The van der Waals surface area contributed by atoms with Crippen LogP contribution in [0.25, 0.3) is 113 Å². The summed E-state index contributed by atoms with van der Waals surface area (Å²) in [7, 11) is 0. The summed E-state index contributed by atoms with van der Waals surface area (Å²) in [6.45, 7) is 0. The fourth-order valence-electron chi connectivity index (χ4n) is 15.5. The molecule has 0 saturated carbocycles. The topological polar surface area (TPSA) is 127 Å². The second-order valence-corrected chi connectivity index (χ2v) is 25.6. The first-order valence-electron chi connectivity index (χ1n) is 33.4. The summed E-state index contributed by atoms with van der Waals surface area (Å²) in [6, 6.07) is 92.6. The Labute approximate surface area is 590 Å². The molecule has 12 aromatic carbocycles. The monoisotopic (exact) mass is 1370 g/mol. The lowest BCUT2D eigenvalue weighted by atomic mass is 9.65. The number of benzene rings is 12. The second-order valence-electron chi connectivity index (χ2n) is 25.6. The molecule has 2 aliphatic carbocycles. The van der Waals surface area contributed by atoms with E-state index in [1.807, 2.05) is 134 Å². The molecular weight excluding hydrogens is 1320 g/mol. The molecule has 498 valence electrons. The van der Waals surface area contributed by atoms with Crippen molar-refractivity contribution < 1.29 is 45.3 Å². The molecule has 0 fully saturated rings. The number of fused-ring (bicyclic) bond motifs is 18. The van der Waals surface area contributed by atoms with Crippen molar-refractivity contribution in [2.45, 2.75) is 23.6 Å². The van der Waals surface area contributed by atoms with Crippen molar-refractivity contribution in [1.82, 2.24) is 34.9 Å². The maximum absolute atomic E-state index is 13.3. The minimum absolute atomic E-state index is 0.0651. The lowest BCUT2D eigenvalue weighted by Gasteiger charge is -2.39. The molecule has 2 spiro atoms. The molecule has 17 heteroatoms. The number of rotatable bonds is 10. The summed E-state index contributed by atoms with van der Waals surface area (Å²) in [5.74, 6) is 3.45. The van der Waals surface area contributed by atoms with Crippen molar-refractivity contribution in [2.24, 2.45) is 0 Å². The van der Waals surface area contributed by atoms with Gasteiger partial charge in [0, 0.05) is 67.4 Å². The van der Waals surface area contributed by atoms with E-state index in [1.165, 1.54) is 46.5 Å². The number of para-hydroxylation sites is 1. The van der Waals surface area contributed by atoms with Gasteiger partial charge in [-0.2, -0.15) is 0 Å². The molecule has 0 radical (unpaired) electrons. The molecule has 104 heavy (non-hydrogen) atoms. The van der Waals surface area contributed by atoms with Gasteiger partial charge in [-0.1, -0.05) is 200 Å². The highest BCUT2D eigenvalue weighted by Crippen LogP contribution is 2.64. The molecule has 0 unspecified atom stereocenters. The quantitative estimate of drug-likeness (QED) is 0.121. The van der Waals surface area contributed by atoms with Crippen molar-refractivity contribution in [3.8, 4) is 147 Å². The number of halogens is 6. The Kier molecular flexibility index (Phi) is 14.0. The van der Waals surface area contributed by atoms with Gasteiger partial charge in [0.2, 0.25) is 0 Å². The molecule has 15 aromatic rings. The smallest absolute Gasteiger partial charge is 0.457 e. The van der Waals surface area contributed by atoms with Gasteiger partial charge in [-0.15, -0.1) is 26.3 Å². The molecule has 0 amide bonds. The molecule has 0 N–H and O–H groups in total. The molecule has 19 rings (SSSR count). The maximum Gasteiger partial charge on any atom is 0.573 e. The van der Waals surface area contributed by atoms with Gasteiger partial charge in [-0.3, -0.25) is 4.98 Å². The molecule has 4 aliphatic rings. The van der Waals surface area contributed by atoms with Gasteiger partial charge < -0.3 is 18.9 Å². The van der Waals surface area contributed by atoms with E-state index in [-0.39, 0.29) is 17.5 Å². The van der Waals surface area contributed by atoms with Crippen LogP contribution in [0.3, 0.4) is 0 Å². The Balaban J connectivity index is 0.674. The Morgan fingerprint density at radius 1 is 0.250 bits per heavy atom. The van der Waals surface area contributed by atoms with Gasteiger partial charge in [0.15, 0.2) is 34.9 Å². The summed E-state index contributed by atoms with van der Waals surface area (Å²) in [6.07, 6.45) is -8.05. The molecule has 0 atom stereocenters. The minimum atomic E-state index is -4.93. The number of ether oxygens (including phenoxy) is 4. The van der Waals surface area contributed by atoms with Gasteiger partial charge in [-0.25, -0.2) is 29.9 Å². The Morgan fingerprint density at radius 2 is 0.577 bits per heavy atom. The predicted octanol–water partition coefficient (Wildman–Crippen LogP) is 21.5. The zero-order chi connectivity index (χ0) is 70.1. The first-order valence-corrected chi connectivity index (χ1v) is 33.4.